The molecule has 0 aromatic carbocycles. The van der Waals surface area contributed by atoms with Crippen LogP contribution in [0.25, 0.3) is 0 Å². The number of nitrogens with zero attached hydrogens (tertiary/aromatic N) is 1. The molecule has 1 aromatic heterocycles. The molecule has 0 bridgehead atoms. The van der Waals surface area contributed by atoms with Gasteiger partial charge >= 0.3 is 0 Å². The third-order valence-corrected chi connectivity index (χ3v) is 2.91. The number of carbonyl (C=O) groups excluding carboxylic acids is 1. The summed E-state index contributed by atoms with van der Waals surface area (Å²) in [5.41, 5.74) is 0. The highest BCUT2D eigenvalue weighted by Crippen LogP contribution is 2.13. The van der Waals surface area contributed by atoms with E-state index < -0.39 is 0 Å². The number of aromatic nitrogens is 1. The second kappa shape index (κ2) is 5.32. The minimum absolute atomic E-state index is 0.109. The van der Waals surface area contributed by atoms with Crippen LogP contribution in [0, 0.1) is 0 Å². The molecule has 1 heterocycles. The maximum Gasteiger partial charge on any atom is 0.239 e. The smallest absolute Gasteiger partial charge is 0.239 e. The molecule has 0 aliphatic heterocycles. The summed E-state index contributed by atoms with van der Waals surface area (Å²) in [5.74, 6) is 0.364. The highest BCUT2D eigenvalue weighted by atomic mass is 79.9. The molecule has 1 amide bonds. The third-order valence-electron chi connectivity index (χ3n) is 1.62. The minimum atomic E-state index is -0.191. The van der Waals surface area contributed by atoms with Crippen LogP contribution in [0.5, 0.6) is 0 Å². The van der Waals surface area contributed by atoms with Gasteiger partial charge in [-0.2, -0.15) is 0 Å². The van der Waals surface area contributed by atoms with E-state index >= 15 is 0 Å². The molecule has 0 aliphatic rings. The number of anilines is 1. The Morgan fingerprint density at radius 2 is 2.50 bits per heavy atom. The van der Waals surface area contributed by atoms with E-state index in [1.54, 1.807) is 18.3 Å². The topological polar surface area (TPSA) is 42.0 Å². The zero-order valence-corrected chi connectivity index (χ0v) is 9.97. The van der Waals surface area contributed by atoms with Crippen molar-refractivity contribution >= 4 is 39.3 Å². The largest absolute Gasteiger partial charge is 0.310 e. The Kier molecular flexibility index (Phi) is 4.35. The van der Waals surface area contributed by atoms with E-state index in [0.717, 1.165) is 6.42 Å². The van der Waals surface area contributed by atoms with E-state index in [4.69, 9.17) is 11.6 Å². The molecule has 0 saturated carbocycles. The molecule has 1 atom stereocenters. The molecule has 76 valence electrons. The first kappa shape index (κ1) is 11.5. The summed E-state index contributed by atoms with van der Waals surface area (Å²) in [6, 6.07) is 3.26. The van der Waals surface area contributed by atoms with Gasteiger partial charge in [0.05, 0.1) is 4.83 Å². The lowest BCUT2D eigenvalue weighted by atomic mass is 10.3. The number of hydrogen-bond donors (Lipinski definition) is 1. The highest BCUT2D eigenvalue weighted by molar-refractivity contribution is 9.10. The van der Waals surface area contributed by atoms with E-state index in [2.05, 4.69) is 26.2 Å². The summed E-state index contributed by atoms with van der Waals surface area (Å²) >= 11 is 8.98. The Bertz CT molecular complexity index is 332. The monoisotopic (exact) mass is 276 g/mol. The van der Waals surface area contributed by atoms with Gasteiger partial charge < -0.3 is 5.32 Å². The number of nitrogens with one attached hydrogen (secondary N) is 1. The van der Waals surface area contributed by atoms with Crippen molar-refractivity contribution < 1.29 is 4.79 Å². The summed E-state index contributed by atoms with van der Waals surface area (Å²) in [5, 5.41) is 3.21. The first-order valence-corrected chi connectivity index (χ1v) is 5.49. The molecule has 0 radical (unpaired) electrons. The summed E-state index contributed by atoms with van der Waals surface area (Å²) in [6.45, 7) is 1.92. The predicted molar refractivity (Wildman–Crippen MR) is 60.9 cm³/mol. The van der Waals surface area contributed by atoms with Crippen molar-refractivity contribution in [3.8, 4) is 0 Å². The van der Waals surface area contributed by atoms with Crippen molar-refractivity contribution in [2.24, 2.45) is 0 Å². The highest BCUT2D eigenvalue weighted by Gasteiger charge is 2.12. The fraction of sp³-hybridized carbons (Fsp3) is 0.333. The molecular weight excluding hydrogens is 267 g/mol. The SMILES string of the molecule is CCC(Br)C(=O)Nc1cc(Cl)ccn1. The van der Waals surface area contributed by atoms with E-state index in [0.29, 0.717) is 10.8 Å². The molecule has 1 N–H and O–H groups in total. The van der Waals surface area contributed by atoms with Gasteiger partial charge in [-0.05, 0) is 18.6 Å². The lowest BCUT2D eigenvalue weighted by Crippen LogP contribution is -2.22. The zero-order chi connectivity index (χ0) is 10.6. The fourth-order valence-corrected chi connectivity index (χ4v) is 1.14. The molecule has 0 aliphatic carbocycles. The maximum atomic E-state index is 11.4. The molecule has 5 heteroatoms. The van der Waals surface area contributed by atoms with Gasteiger partial charge in [0.15, 0.2) is 0 Å². The van der Waals surface area contributed by atoms with Crippen LogP contribution in [-0.2, 0) is 4.79 Å². The average Bonchev–Trinajstić information content (AvgIpc) is 2.16. The standard InChI is InChI=1S/C9H10BrClN2O/c1-2-7(10)9(14)13-8-5-6(11)3-4-12-8/h3-5,7H,2H2,1H3,(H,12,13,14). The summed E-state index contributed by atoms with van der Waals surface area (Å²) in [4.78, 5) is 15.2. The molecule has 1 aromatic rings. The molecule has 1 unspecified atom stereocenters. The lowest BCUT2D eigenvalue weighted by Gasteiger charge is -2.07. The lowest BCUT2D eigenvalue weighted by molar-refractivity contribution is -0.115. The number of hydrogen-bond acceptors (Lipinski definition) is 2. The molecule has 3 nitrogen and oxygen atoms in total. The van der Waals surface area contributed by atoms with Crippen molar-refractivity contribution in [1.82, 2.24) is 4.98 Å². The minimum Gasteiger partial charge on any atom is -0.310 e. The zero-order valence-electron chi connectivity index (χ0n) is 7.63. The number of halogens is 2. The van der Waals surface area contributed by atoms with Crippen molar-refractivity contribution in [1.29, 1.82) is 0 Å². The Morgan fingerprint density at radius 3 is 3.07 bits per heavy atom. The van der Waals surface area contributed by atoms with Gasteiger partial charge in [0.25, 0.3) is 0 Å². The van der Waals surface area contributed by atoms with Gasteiger partial charge in [0, 0.05) is 11.2 Å². The van der Waals surface area contributed by atoms with Gasteiger partial charge in [-0.3, -0.25) is 4.79 Å². The van der Waals surface area contributed by atoms with Crippen LogP contribution < -0.4 is 5.32 Å². The van der Waals surface area contributed by atoms with Crippen LogP contribution in [0.1, 0.15) is 13.3 Å². The first-order valence-electron chi connectivity index (χ1n) is 4.20. The van der Waals surface area contributed by atoms with Crippen molar-refractivity contribution in [3.05, 3.63) is 23.4 Å². The molecule has 1 rings (SSSR count). The normalized spacial score (nSPS) is 12.2. The van der Waals surface area contributed by atoms with Crippen molar-refractivity contribution in [2.75, 3.05) is 5.32 Å². The number of carbonyl (C=O) groups is 1. The van der Waals surface area contributed by atoms with Crippen molar-refractivity contribution in [2.45, 2.75) is 18.2 Å². The van der Waals surface area contributed by atoms with E-state index in [1.165, 1.54) is 0 Å². The van der Waals surface area contributed by atoms with Gasteiger partial charge in [-0.25, -0.2) is 4.98 Å². The number of pyridine rings is 1. The summed E-state index contributed by atoms with van der Waals surface area (Å²) in [7, 11) is 0. The molecule has 0 fully saturated rings. The van der Waals surface area contributed by atoms with E-state index in [-0.39, 0.29) is 10.7 Å². The second-order valence-corrected chi connectivity index (χ2v) is 4.27. The Labute approximate surface area is 96.0 Å². The first-order chi connectivity index (χ1) is 6.63. The third kappa shape index (κ3) is 3.27. The van der Waals surface area contributed by atoms with Crippen LogP contribution in [-0.4, -0.2) is 15.7 Å². The molecule has 0 saturated heterocycles. The molecule has 0 spiro atoms. The molecule has 14 heavy (non-hydrogen) atoms. The Morgan fingerprint density at radius 1 is 1.79 bits per heavy atom. The molecular formula is C9H10BrClN2O. The predicted octanol–water partition coefficient (Wildman–Crippen LogP) is 2.85. The maximum absolute atomic E-state index is 11.4. The average molecular weight is 278 g/mol. The van der Waals surface area contributed by atoms with Crippen LogP contribution in [0.4, 0.5) is 5.82 Å². The second-order valence-electron chi connectivity index (χ2n) is 2.72. The fourth-order valence-electron chi connectivity index (χ4n) is 0.863. The quantitative estimate of drug-likeness (QED) is 0.863. The van der Waals surface area contributed by atoms with E-state index in [9.17, 15) is 4.79 Å². The number of amides is 1. The van der Waals surface area contributed by atoms with Crippen molar-refractivity contribution in [3.63, 3.8) is 0 Å². The Hall–Kier alpha value is -0.610. The Balaban J connectivity index is 2.65. The summed E-state index contributed by atoms with van der Waals surface area (Å²) in [6.07, 6.45) is 2.28. The van der Waals surface area contributed by atoms with Crippen LogP contribution in [0.15, 0.2) is 18.3 Å². The van der Waals surface area contributed by atoms with E-state index in [1.807, 2.05) is 6.92 Å². The van der Waals surface area contributed by atoms with Crippen LogP contribution in [0.3, 0.4) is 0 Å². The van der Waals surface area contributed by atoms with Gasteiger partial charge in [0.2, 0.25) is 5.91 Å². The van der Waals surface area contributed by atoms with Crippen LogP contribution in [0.2, 0.25) is 5.02 Å². The summed E-state index contributed by atoms with van der Waals surface area (Å²) < 4.78 is 0. The number of alkyl halides is 1. The van der Waals surface area contributed by atoms with Crippen LogP contribution >= 0.6 is 27.5 Å². The number of rotatable bonds is 3. The van der Waals surface area contributed by atoms with Gasteiger partial charge in [0.1, 0.15) is 5.82 Å². The van der Waals surface area contributed by atoms with Gasteiger partial charge in [-0.15, -0.1) is 0 Å². The van der Waals surface area contributed by atoms with Gasteiger partial charge in [-0.1, -0.05) is 34.5 Å².